The molecule has 5 nitrogen and oxygen atoms in total. The molecule has 0 bridgehead atoms. The Bertz CT molecular complexity index is 888. The van der Waals surface area contributed by atoms with Gasteiger partial charge in [0.1, 0.15) is 11.5 Å². The summed E-state index contributed by atoms with van der Waals surface area (Å²) in [5.74, 6) is 1.86. The van der Waals surface area contributed by atoms with Crippen molar-refractivity contribution in [2.45, 2.75) is 26.7 Å². The number of aromatic nitrogens is 1. The van der Waals surface area contributed by atoms with Gasteiger partial charge in [-0.05, 0) is 69.4 Å². The van der Waals surface area contributed by atoms with E-state index in [9.17, 15) is 0 Å². The standard InChI is InChI=1S/C23H33N3O2/c1-4-24-12-6-14-27-18-9-11-22-21(16-18)20-10-8-19(17-23(20)26(22)3)28-15-7-13-25-5-2/h8-11,16-17,24-25H,4-7,12-15H2,1-3H3. The molecule has 0 unspecified atom stereocenters. The Morgan fingerprint density at radius 3 is 2.00 bits per heavy atom. The normalized spacial score (nSPS) is 11.4. The van der Waals surface area contributed by atoms with Crippen molar-refractivity contribution in [2.75, 3.05) is 39.4 Å². The summed E-state index contributed by atoms with van der Waals surface area (Å²) in [7, 11) is 2.11. The summed E-state index contributed by atoms with van der Waals surface area (Å²) in [5.41, 5.74) is 2.39. The number of fused-ring (bicyclic) bond motifs is 3. The molecule has 0 spiro atoms. The summed E-state index contributed by atoms with van der Waals surface area (Å²) >= 11 is 0. The van der Waals surface area contributed by atoms with Gasteiger partial charge in [0.25, 0.3) is 0 Å². The Hall–Kier alpha value is -2.24. The molecule has 28 heavy (non-hydrogen) atoms. The van der Waals surface area contributed by atoms with Crippen LogP contribution in [0.3, 0.4) is 0 Å². The molecule has 0 aliphatic heterocycles. The van der Waals surface area contributed by atoms with E-state index < -0.39 is 0 Å². The summed E-state index contributed by atoms with van der Waals surface area (Å²) in [4.78, 5) is 0. The number of aryl methyl sites for hydroxylation is 1. The molecule has 5 heteroatoms. The highest BCUT2D eigenvalue weighted by molar-refractivity contribution is 6.08. The van der Waals surface area contributed by atoms with Crippen molar-refractivity contribution < 1.29 is 9.47 Å². The van der Waals surface area contributed by atoms with Gasteiger partial charge in [-0.2, -0.15) is 0 Å². The van der Waals surface area contributed by atoms with E-state index in [1.165, 1.54) is 21.8 Å². The van der Waals surface area contributed by atoms with Crippen molar-refractivity contribution >= 4 is 21.8 Å². The van der Waals surface area contributed by atoms with Crippen LogP contribution in [0, 0.1) is 0 Å². The van der Waals surface area contributed by atoms with Crippen LogP contribution in [0.2, 0.25) is 0 Å². The summed E-state index contributed by atoms with van der Waals surface area (Å²) in [5, 5.41) is 9.10. The Morgan fingerprint density at radius 1 is 0.750 bits per heavy atom. The number of benzene rings is 2. The van der Waals surface area contributed by atoms with Crippen molar-refractivity contribution in [3.8, 4) is 11.5 Å². The Balaban J connectivity index is 1.72. The van der Waals surface area contributed by atoms with Crippen molar-refractivity contribution in [1.82, 2.24) is 15.2 Å². The SMILES string of the molecule is CCNCCCOc1ccc2c(c1)c1ccc(OCCCNCC)cc1n2C. The molecule has 3 aromatic rings. The summed E-state index contributed by atoms with van der Waals surface area (Å²) in [6.07, 6.45) is 2.02. The third-order valence-corrected chi connectivity index (χ3v) is 4.98. The maximum Gasteiger partial charge on any atom is 0.121 e. The summed E-state index contributed by atoms with van der Waals surface area (Å²) in [6, 6.07) is 12.7. The lowest BCUT2D eigenvalue weighted by molar-refractivity contribution is 0.309. The summed E-state index contributed by atoms with van der Waals surface area (Å²) < 4.78 is 14.1. The lowest BCUT2D eigenvalue weighted by atomic mass is 10.1. The zero-order valence-electron chi connectivity index (χ0n) is 17.4. The Labute approximate surface area is 168 Å². The molecule has 2 aromatic carbocycles. The first-order chi connectivity index (χ1) is 13.7. The van der Waals surface area contributed by atoms with Gasteiger partial charge in [-0.1, -0.05) is 13.8 Å². The molecule has 2 N–H and O–H groups in total. The van der Waals surface area contributed by atoms with Crippen molar-refractivity contribution in [3.05, 3.63) is 36.4 Å². The summed E-state index contributed by atoms with van der Waals surface area (Å²) in [6.45, 7) is 9.69. The Morgan fingerprint density at radius 2 is 1.36 bits per heavy atom. The van der Waals surface area contributed by atoms with Crippen LogP contribution in [-0.2, 0) is 7.05 Å². The monoisotopic (exact) mass is 383 g/mol. The quantitative estimate of drug-likeness (QED) is 0.463. The molecule has 0 saturated heterocycles. The molecule has 0 fully saturated rings. The molecule has 1 aromatic heterocycles. The molecule has 152 valence electrons. The van der Waals surface area contributed by atoms with Gasteiger partial charge in [0, 0.05) is 29.4 Å². The molecule has 0 saturated carbocycles. The molecule has 1 heterocycles. The largest absolute Gasteiger partial charge is 0.494 e. The number of hydrogen-bond donors (Lipinski definition) is 2. The minimum atomic E-state index is 0.729. The maximum atomic E-state index is 5.95. The lowest BCUT2D eigenvalue weighted by Gasteiger charge is -2.07. The Kier molecular flexibility index (Phi) is 7.57. The number of ether oxygens (including phenoxy) is 2. The fourth-order valence-electron chi connectivity index (χ4n) is 3.48. The molecule has 0 radical (unpaired) electrons. The van der Waals surface area contributed by atoms with Gasteiger partial charge >= 0.3 is 0 Å². The highest BCUT2D eigenvalue weighted by atomic mass is 16.5. The lowest BCUT2D eigenvalue weighted by Crippen LogP contribution is -2.16. The average Bonchev–Trinajstić information content (AvgIpc) is 2.99. The van der Waals surface area contributed by atoms with Crippen molar-refractivity contribution in [1.29, 1.82) is 0 Å². The maximum absolute atomic E-state index is 5.95. The number of nitrogens with zero attached hydrogens (tertiary/aromatic N) is 1. The van der Waals surface area contributed by atoms with Gasteiger partial charge in [0.2, 0.25) is 0 Å². The zero-order chi connectivity index (χ0) is 19.8. The van der Waals surface area contributed by atoms with E-state index >= 15 is 0 Å². The predicted molar refractivity (Wildman–Crippen MR) is 118 cm³/mol. The van der Waals surface area contributed by atoms with Crippen LogP contribution < -0.4 is 20.1 Å². The van der Waals surface area contributed by atoms with Crippen LogP contribution in [0.4, 0.5) is 0 Å². The van der Waals surface area contributed by atoms with E-state index in [-0.39, 0.29) is 0 Å². The van der Waals surface area contributed by atoms with E-state index in [0.29, 0.717) is 0 Å². The van der Waals surface area contributed by atoms with Crippen molar-refractivity contribution in [3.63, 3.8) is 0 Å². The average molecular weight is 384 g/mol. The first-order valence-corrected chi connectivity index (χ1v) is 10.4. The first kappa shape index (κ1) is 20.5. The fourth-order valence-corrected chi connectivity index (χ4v) is 3.48. The van der Waals surface area contributed by atoms with E-state index in [1.807, 2.05) is 0 Å². The van der Waals surface area contributed by atoms with Crippen LogP contribution in [0.25, 0.3) is 21.8 Å². The highest BCUT2D eigenvalue weighted by Crippen LogP contribution is 2.33. The molecule has 0 aliphatic rings. The van der Waals surface area contributed by atoms with Gasteiger partial charge in [-0.15, -0.1) is 0 Å². The second-order valence-corrected chi connectivity index (χ2v) is 7.03. The van der Waals surface area contributed by atoms with Gasteiger partial charge in [0.05, 0.1) is 18.7 Å². The van der Waals surface area contributed by atoms with Crippen LogP contribution in [0.15, 0.2) is 36.4 Å². The minimum Gasteiger partial charge on any atom is -0.494 e. The van der Waals surface area contributed by atoms with E-state index in [0.717, 1.165) is 63.7 Å². The molecular weight excluding hydrogens is 350 g/mol. The third kappa shape index (κ3) is 4.97. The van der Waals surface area contributed by atoms with Crippen LogP contribution in [0.1, 0.15) is 26.7 Å². The zero-order valence-corrected chi connectivity index (χ0v) is 17.4. The topological polar surface area (TPSA) is 47.4 Å². The van der Waals surface area contributed by atoms with Gasteiger partial charge in [0.15, 0.2) is 0 Å². The van der Waals surface area contributed by atoms with Crippen LogP contribution in [-0.4, -0.2) is 44.0 Å². The van der Waals surface area contributed by atoms with Gasteiger partial charge in [-0.3, -0.25) is 0 Å². The second-order valence-electron chi connectivity index (χ2n) is 7.03. The van der Waals surface area contributed by atoms with E-state index in [1.54, 1.807) is 0 Å². The number of rotatable bonds is 12. The van der Waals surface area contributed by atoms with Gasteiger partial charge < -0.3 is 24.7 Å². The molecule has 0 amide bonds. The minimum absolute atomic E-state index is 0.729. The third-order valence-electron chi connectivity index (χ3n) is 4.98. The molecule has 3 rings (SSSR count). The van der Waals surface area contributed by atoms with Crippen LogP contribution in [0.5, 0.6) is 11.5 Å². The fraction of sp³-hybridized carbons (Fsp3) is 0.478. The smallest absolute Gasteiger partial charge is 0.121 e. The highest BCUT2D eigenvalue weighted by Gasteiger charge is 2.10. The predicted octanol–water partition coefficient (Wildman–Crippen LogP) is 4.09. The first-order valence-electron chi connectivity index (χ1n) is 10.4. The molecular formula is C23H33N3O2. The van der Waals surface area contributed by atoms with Gasteiger partial charge in [-0.25, -0.2) is 0 Å². The van der Waals surface area contributed by atoms with E-state index in [2.05, 4.69) is 72.5 Å². The molecule has 0 aliphatic carbocycles. The second kappa shape index (κ2) is 10.3. The van der Waals surface area contributed by atoms with E-state index in [4.69, 9.17) is 9.47 Å². The van der Waals surface area contributed by atoms with Crippen molar-refractivity contribution in [2.24, 2.45) is 7.05 Å². The van der Waals surface area contributed by atoms with Crippen LogP contribution >= 0.6 is 0 Å². The molecule has 0 atom stereocenters. The number of nitrogens with one attached hydrogen (secondary N) is 2. The number of hydrogen-bond acceptors (Lipinski definition) is 4.